The maximum absolute atomic E-state index is 10.6. The van der Waals surface area contributed by atoms with Gasteiger partial charge in [0.05, 0.1) is 12.8 Å². The van der Waals surface area contributed by atoms with Crippen molar-refractivity contribution in [3.05, 3.63) is 0 Å². The van der Waals surface area contributed by atoms with Crippen molar-refractivity contribution in [2.75, 3.05) is 19.6 Å². The van der Waals surface area contributed by atoms with Crippen LogP contribution < -0.4 is 29.6 Å². The Morgan fingerprint density at radius 1 is 0.667 bits per heavy atom. The largest absolute Gasteiger partial charge is 1.00 e. The first kappa shape index (κ1) is 26.1. The van der Waals surface area contributed by atoms with Crippen molar-refractivity contribution in [2.45, 2.75) is 84.0 Å². The second kappa shape index (κ2) is 19.2. The molecule has 0 fully saturated rings. The first-order chi connectivity index (χ1) is 11.1. The molecule has 0 heterocycles. The van der Waals surface area contributed by atoms with Gasteiger partial charge in [0.15, 0.2) is 0 Å². The van der Waals surface area contributed by atoms with Crippen LogP contribution in [-0.4, -0.2) is 46.7 Å². The summed E-state index contributed by atoms with van der Waals surface area (Å²) in [6.45, 7) is 3.92. The molecule has 0 aliphatic heterocycles. The summed E-state index contributed by atoms with van der Waals surface area (Å²) in [5.74, 6) is -1.65. The van der Waals surface area contributed by atoms with E-state index in [1.807, 2.05) is 4.90 Å². The van der Waals surface area contributed by atoms with E-state index < -0.39 is 11.9 Å². The van der Waals surface area contributed by atoms with Crippen LogP contribution in [0.3, 0.4) is 0 Å². The summed E-state index contributed by atoms with van der Waals surface area (Å²) in [5, 5.41) is 17.5. The van der Waals surface area contributed by atoms with E-state index in [1.165, 1.54) is 51.4 Å². The number of carbonyl (C=O) groups is 2. The smallest absolute Gasteiger partial charge is 0.481 e. The van der Waals surface area contributed by atoms with Gasteiger partial charge in [0.2, 0.25) is 0 Å². The molecular formula is C18H35NNaO4+. The van der Waals surface area contributed by atoms with Crippen LogP contribution in [0.1, 0.15) is 84.0 Å². The molecule has 0 saturated carbocycles. The van der Waals surface area contributed by atoms with Crippen molar-refractivity contribution < 1.29 is 49.4 Å². The molecule has 2 N–H and O–H groups in total. The summed E-state index contributed by atoms with van der Waals surface area (Å²) in [7, 11) is 0. The van der Waals surface area contributed by atoms with Crippen LogP contribution in [0.15, 0.2) is 0 Å². The van der Waals surface area contributed by atoms with Crippen molar-refractivity contribution in [3.63, 3.8) is 0 Å². The van der Waals surface area contributed by atoms with E-state index in [0.29, 0.717) is 13.1 Å². The minimum atomic E-state index is -0.826. The third kappa shape index (κ3) is 19.9. The van der Waals surface area contributed by atoms with Crippen LogP contribution in [0.25, 0.3) is 0 Å². The van der Waals surface area contributed by atoms with Crippen LogP contribution in [0, 0.1) is 0 Å². The van der Waals surface area contributed by atoms with Crippen molar-refractivity contribution in [2.24, 2.45) is 0 Å². The fourth-order valence-electron chi connectivity index (χ4n) is 2.67. The van der Waals surface area contributed by atoms with Crippen LogP contribution in [0.2, 0.25) is 0 Å². The zero-order valence-electron chi connectivity index (χ0n) is 15.8. The van der Waals surface area contributed by atoms with Crippen LogP contribution >= 0.6 is 0 Å². The molecule has 0 unspecified atom stereocenters. The monoisotopic (exact) mass is 352 g/mol. The molecule has 0 atom stereocenters. The van der Waals surface area contributed by atoms with E-state index in [2.05, 4.69) is 6.92 Å². The molecule has 0 spiro atoms. The van der Waals surface area contributed by atoms with Gasteiger partial charge in [-0.05, 0) is 13.0 Å². The molecule has 0 bridgehead atoms. The molecule has 0 aliphatic rings. The Hall–Kier alpha value is -0.100. The number of hydrogen-bond acceptors (Lipinski definition) is 3. The number of unbranched alkanes of at least 4 members (excludes halogenated alkanes) is 9. The van der Waals surface area contributed by atoms with Gasteiger partial charge < -0.3 is 15.1 Å². The van der Waals surface area contributed by atoms with E-state index in [4.69, 9.17) is 10.2 Å². The van der Waals surface area contributed by atoms with Crippen LogP contribution in [-0.2, 0) is 9.59 Å². The summed E-state index contributed by atoms with van der Waals surface area (Å²) in [4.78, 5) is 23.2. The van der Waals surface area contributed by atoms with Gasteiger partial charge in [0.1, 0.15) is 0 Å². The van der Waals surface area contributed by atoms with Gasteiger partial charge >= 0.3 is 41.5 Å². The topological polar surface area (TPSA) is 77.8 Å². The SMILES string of the molecule is CCCCCCCCCCCCN(CCC(=O)O)CCC(=O)O.[Na+]. The Bertz CT molecular complexity index is 295. The van der Waals surface area contributed by atoms with E-state index in [-0.39, 0.29) is 42.4 Å². The first-order valence-corrected chi connectivity index (χ1v) is 9.22. The summed E-state index contributed by atoms with van der Waals surface area (Å²) in [6.07, 6.45) is 12.8. The number of carboxylic acid groups (broad SMARTS) is 2. The number of nitrogens with zero attached hydrogens (tertiary/aromatic N) is 1. The average Bonchev–Trinajstić information content (AvgIpc) is 2.50. The predicted octanol–water partition coefficient (Wildman–Crippen LogP) is 1.16. The molecule has 24 heavy (non-hydrogen) atoms. The Morgan fingerprint density at radius 3 is 1.42 bits per heavy atom. The first-order valence-electron chi connectivity index (χ1n) is 9.22. The minimum absolute atomic E-state index is 0. The molecule has 0 aromatic carbocycles. The summed E-state index contributed by atoms with van der Waals surface area (Å²) in [6, 6.07) is 0. The molecule has 0 rings (SSSR count). The molecule has 0 saturated heterocycles. The van der Waals surface area contributed by atoms with Gasteiger partial charge in [0.25, 0.3) is 0 Å². The molecular weight excluding hydrogens is 317 g/mol. The number of rotatable bonds is 17. The zero-order valence-corrected chi connectivity index (χ0v) is 17.8. The van der Waals surface area contributed by atoms with E-state index in [1.54, 1.807) is 0 Å². The van der Waals surface area contributed by atoms with Gasteiger partial charge in [-0.25, -0.2) is 0 Å². The Balaban J connectivity index is 0. The van der Waals surface area contributed by atoms with E-state index in [9.17, 15) is 9.59 Å². The molecule has 5 nitrogen and oxygen atoms in total. The quantitative estimate of drug-likeness (QED) is 0.303. The number of carboxylic acids is 2. The summed E-state index contributed by atoms with van der Waals surface area (Å²) >= 11 is 0. The summed E-state index contributed by atoms with van der Waals surface area (Å²) < 4.78 is 0. The molecule has 0 amide bonds. The van der Waals surface area contributed by atoms with Crippen molar-refractivity contribution in [1.29, 1.82) is 0 Å². The molecule has 0 aliphatic carbocycles. The van der Waals surface area contributed by atoms with Crippen molar-refractivity contribution in [1.82, 2.24) is 4.90 Å². The molecule has 0 radical (unpaired) electrons. The third-order valence-electron chi connectivity index (χ3n) is 4.11. The number of aliphatic carboxylic acids is 2. The van der Waals surface area contributed by atoms with Gasteiger partial charge in [-0.1, -0.05) is 64.7 Å². The van der Waals surface area contributed by atoms with Crippen molar-refractivity contribution >= 4 is 11.9 Å². The van der Waals surface area contributed by atoms with Gasteiger partial charge in [-0.2, -0.15) is 0 Å². The minimum Gasteiger partial charge on any atom is -0.481 e. The molecule has 136 valence electrons. The standard InChI is InChI=1S/C18H35NO4.Na/c1-2-3-4-5-6-7-8-9-10-11-14-19(15-12-17(20)21)16-13-18(22)23;/h2-16H2,1H3,(H,20,21)(H,22,23);/q;+1. The third-order valence-corrected chi connectivity index (χ3v) is 4.11. The Morgan fingerprint density at radius 2 is 1.04 bits per heavy atom. The zero-order chi connectivity index (χ0) is 17.3. The Kier molecular flexibility index (Phi) is 20.9. The van der Waals surface area contributed by atoms with Crippen LogP contribution in [0.4, 0.5) is 0 Å². The fourth-order valence-corrected chi connectivity index (χ4v) is 2.67. The molecule has 6 heteroatoms. The fraction of sp³-hybridized carbons (Fsp3) is 0.889. The maximum atomic E-state index is 10.6. The number of hydrogen-bond donors (Lipinski definition) is 2. The van der Waals surface area contributed by atoms with Crippen LogP contribution in [0.5, 0.6) is 0 Å². The maximum Gasteiger partial charge on any atom is 1.00 e. The van der Waals surface area contributed by atoms with E-state index >= 15 is 0 Å². The van der Waals surface area contributed by atoms with E-state index in [0.717, 1.165) is 19.4 Å². The molecule has 0 aromatic rings. The second-order valence-electron chi connectivity index (χ2n) is 6.31. The summed E-state index contributed by atoms with van der Waals surface area (Å²) in [5.41, 5.74) is 0. The molecule has 0 aromatic heterocycles. The van der Waals surface area contributed by atoms with Gasteiger partial charge in [0, 0.05) is 13.1 Å². The normalized spacial score (nSPS) is 10.6. The van der Waals surface area contributed by atoms with Crippen molar-refractivity contribution in [3.8, 4) is 0 Å². The predicted molar refractivity (Wildman–Crippen MR) is 92.8 cm³/mol. The second-order valence-corrected chi connectivity index (χ2v) is 6.31. The Labute approximate surface area is 169 Å². The van der Waals surface area contributed by atoms with Gasteiger partial charge in [-0.3, -0.25) is 9.59 Å². The van der Waals surface area contributed by atoms with Gasteiger partial charge in [-0.15, -0.1) is 0 Å². The average molecular weight is 352 g/mol.